The highest BCUT2D eigenvalue weighted by molar-refractivity contribution is 7.09. The quantitative estimate of drug-likeness (QED) is 0.575. The smallest absolute Gasteiger partial charge is 0.0521 e. The molecule has 2 heterocycles. The molecule has 2 rings (SSSR count). The zero-order valence-electron chi connectivity index (χ0n) is 11.4. The van der Waals surface area contributed by atoms with E-state index in [1.165, 1.54) is 16.9 Å². The molecule has 0 aliphatic carbocycles. The van der Waals surface area contributed by atoms with Crippen molar-refractivity contribution in [2.45, 2.75) is 38.1 Å². The number of aryl methyl sites for hydroxylation is 3. The van der Waals surface area contributed by atoms with E-state index in [2.05, 4.69) is 34.2 Å². The predicted octanol–water partition coefficient (Wildman–Crippen LogP) is 2.27. The third-order valence-corrected chi connectivity index (χ3v) is 4.27. The largest absolute Gasteiger partial charge is 0.276 e. The summed E-state index contributed by atoms with van der Waals surface area (Å²) in [6.45, 7) is 0. The summed E-state index contributed by atoms with van der Waals surface area (Å²) >= 11 is 1.83. The Morgan fingerprint density at radius 2 is 2.32 bits per heavy atom. The minimum absolute atomic E-state index is 0.389. The van der Waals surface area contributed by atoms with Crippen LogP contribution in [-0.2, 0) is 19.9 Å². The number of thiophene rings is 1. The molecule has 0 aromatic carbocycles. The standard InChI is InChI=1S/C14H22N4S/c1-18-11-12(10-16-18)7-8-13(17-15)4-2-5-14-6-3-9-19-14/h3,6,9-11,13,17H,2,4-5,7-8,15H2,1H3. The zero-order valence-corrected chi connectivity index (χ0v) is 12.2. The van der Waals surface area contributed by atoms with Gasteiger partial charge in [0.15, 0.2) is 0 Å². The Morgan fingerprint density at radius 3 is 2.95 bits per heavy atom. The Morgan fingerprint density at radius 1 is 1.42 bits per heavy atom. The van der Waals surface area contributed by atoms with E-state index in [0.29, 0.717) is 6.04 Å². The van der Waals surface area contributed by atoms with Gasteiger partial charge in [0.05, 0.1) is 6.20 Å². The fourth-order valence-corrected chi connectivity index (χ4v) is 2.98. The Bertz CT molecular complexity index is 464. The molecule has 1 unspecified atom stereocenters. The summed E-state index contributed by atoms with van der Waals surface area (Å²) < 4.78 is 1.84. The molecule has 0 spiro atoms. The van der Waals surface area contributed by atoms with Gasteiger partial charge in [-0.2, -0.15) is 5.10 Å². The molecule has 0 bridgehead atoms. The van der Waals surface area contributed by atoms with Gasteiger partial charge in [-0.25, -0.2) is 0 Å². The van der Waals surface area contributed by atoms with Crippen molar-refractivity contribution in [1.29, 1.82) is 0 Å². The normalized spacial score (nSPS) is 12.7. The van der Waals surface area contributed by atoms with Gasteiger partial charge in [-0.05, 0) is 49.1 Å². The first-order valence-electron chi connectivity index (χ1n) is 6.74. The topological polar surface area (TPSA) is 55.9 Å². The Hall–Kier alpha value is -1.17. The molecule has 0 radical (unpaired) electrons. The number of hydrogen-bond acceptors (Lipinski definition) is 4. The van der Waals surface area contributed by atoms with Gasteiger partial charge < -0.3 is 0 Å². The van der Waals surface area contributed by atoms with Crippen LogP contribution in [0.5, 0.6) is 0 Å². The van der Waals surface area contributed by atoms with Gasteiger partial charge in [0.2, 0.25) is 0 Å². The van der Waals surface area contributed by atoms with Crippen LogP contribution in [-0.4, -0.2) is 15.8 Å². The van der Waals surface area contributed by atoms with Crippen LogP contribution in [0.2, 0.25) is 0 Å². The van der Waals surface area contributed by atoms with Crippen LogP contribution >= 0.6 is 11.3 Å². The number of rotatable bonds is 8. The Balaban J connectivity index is 1.68. The van der Waals surface area contributed by atoms with Gasteiger partial charge >= 0.3 is 0 Å². The molecule has 0 amide bonds. The highest BCUT2D eigenvalue weighted by Crippen LogP contribution is 2.14. The molecule has 0 saturated heterocycles. The first-order valence-corrected chi connectivity index (χ1v) is 7.62. The molecule has 0 aliphatic heterocycles. The predicted molar refractivity (Wildman–Crippen MR) is 79.9 cm³/mol. The van der Waals surface area contributed by atoms with Gasteiger partial charge in [-0.1, -0.05) is 6.07 Å². The van der Waals surface area contributed by atoms with E-state index in [0.717, 1.165) is 25.7 Å². The fourth-order valence-electron chi connectivity index (χ4n) is 2.23. The SMILES string of the molecule is Cn1cc(CCC(CCCc2cccs2)NN)cn1. The number of nitrogens with one attached hydrogen (secondary N) is 1. The van der Waals surface area contributed by atoms with E-state index in [-0.39, 0.29) is 0 Å². The van der Waals surface area contributed by atoms with Crippen molar-refractivity contribution in [2.24, 2.45) is 12.9 Å². The van der Waals surface area contributed by atoms with Crippen LogP contribution in [0.3, 0.4) is 0 Å². The number of hydrogen-bond donors (Lipinski definition) is 2. The average molecular weight is 278 g/mol. The fraction of sp³-hybridized carbons (Fsp3) is 0.500. The number of nitrogens with two attached hydrogens (primary N) is 1. The monoisotopic (exact) mass is 278 g/mol. The third kappa shape index (κ3) is 4.78. The first-order chi connectivity index (χ1) is 9.28. The first kappa shape index (κ1) is 14.2. The van der Waals surface area contributed by atoms with Crippen molar-refractivity contribution >= 4 is 11.3 Å². The second-order valence-corrected chi connectivity index (χ2v) is 5.93. The lowest BCUT2D eigenvalue weighted by Gasteiger charge is -2.14. The summed E-state index contributed by atoms with van der Waals surface area (Å²) in [5, 5.41) is 6.32. The molecule has 5 heteroatoms. The highest BCUT2D eigenvalue weighted by atomic mass is 32.1. The molecule has 104 valence electrons. The van der Waals surface area contributed by atoms with Crippen molar-refractivity contribution in [2.75, 3.05) is 0 Å². The summed E-state index contributed by atoms with van der Waals surface area (Å²) in [6.07, 6.45) is 9.55. The van der Waals surface area contributed by atoms with Crippen molar-refractivity contribution in [3.05, 3.63) is 40.3 Å². The molecule has 4 nitrogen and oxygen atoms in total. The van der Waals surface area contributed by atoms with E-state index < -0.39 is 0 Å². The van der Waals surface area contributed by atoms with Crippen LogP contribution in [0.4, 0.5) is 0 Å². The summed E-state index contributed by atoms with van der Waals surface area (Å²) in [5.41, 5.74) is 4.21. The maximum Gasteiger partial charge on any atom is 0.0521 e. The molecule has 0 fully saturated rings. The van der Waals surface area contributed by atoms with Gasteiger partial charge in [0, 0.05) is 24.2 Å². The second-order valence-electron chi connectivity index (χ2n) is 4.90. The lowest BCUT2D eigenvalue weighted by Crippen LogP contribution is -2.35. The zero-order chi connectivity index (χ0) is 13.5. The maximum atomic E-state index is 5.63. The van der Waals surface area contributed by atoms with Crippen LogP contribution in [0.1, 0.15) is 29.7 Å². The summed E-state index contributed by atoms with van der Waals surface area (Å²) in [5.74, 6) is 5.63. The molecular formula is C14H22N4S. The van der Waals surface area contributed by atoms with Gasteiger partial charge in [0.25, 0.3) is 0 Å². The molecule has 1 atom stereocenters. The summed E-state index contributed by atoms with van der Waals surface area (Å²) in [6, 6.07) is 4.70. The molecule has 19 heavy (non-hydrogen) atoms. The average Bonchev–Trinajstić information content (AvgIpc) is 3.05. The maximum absolute atomic E-state index is 5.63. The minimum Gasteiger partial charge on any atom is -0.276 e. The third-order valence-electron chi connectivity index (χ3n) is 3.33. The molecule has 2 aromatic rings. The van der Waals surface area contributed by atoms with Crippen LogP contribution < -0.4 is 11.3 Å². The van der Waals surface area contributed by atoms with E-state index >= 15 is 0 Å². The Kier molecular flexibility index (Phi) is 5.57. The van der Waals surface area contributed by atoms with Crippen LogP contribution in [0.25, 0.3) is 0 Å². The lowest BCUT2D eigenvalue weighted by atomic mass is 10.0. The van der Waals surface area contributed by atoms with Gasteiger partial charge in [-0.3, -0.25) is 16.0 Å². The summed E-state index contributed by atoms with van der Waals surface area (Å²) in [7, 11) is 1.95. The van der Waals surface area contributed by atoms with E-state index in [9.17, 15) is 0 Å². The lowest BCUT2D eigenvalue weighted by molar-refractivity contribution is 0.452. The number of hydrazine groups is 1. The Labute approximate surface area is 118 Å². The van der Waals surface area contributed by atoms with Crippen LogP contribution in [0, 0.1) is 0 Å². The second kappa shape index (κ2) is 7.43. The van der Waals surface area contributed by atoms with Crippen molar-refractivity contribution in [3.8, 4) is 0 Å². The molecular weight excluding hydrogens is 256 g/mol. The van der Waals surface area contributed by atoms with E-state index in [1.807, 2.05) is 29.3 Å². The number of aromatic nitrogens is 2. The van der Waals surface area contributed by atoms with Crippen molar-refractivity contribution < 1.29 is 0 Å². The molecule has 0 saturated carbocycles. The van der Waals surface area contributed by atoms with Gasteiger partial charge in [-0.15, -0.1) is 11.3 Å². The number of nitrogens with zero attached hydrogens (tertiary/aromatic N) is 2. The molecule has 2 aromatic heterocycles. The minimum atomic E-state index is 0.389. The molecule has 3 N–H and O–H groups in total. The molecule has 0 aliphatic rings. The van der Waals surface area contributed by atoms with Crippen molar-refractivity contribution in [3.63, 3.8) is 0 Å². The van der Waals surface area contributed by atoms with Crippen LogP contribution in [0.15, 0.2) is 29.9 Å². The summed E-state index contributed by atoms with van der Waals surface area (Å²) in [4.78, 5) is 1.46. The van der Waals surface area contributed by atoms with E-state index in [4.69, 9.17) is 5.84 Å². The van der Waals surface area contributed by atoms with E-state index in [1.54, 1.807) is 0 Å². The highest BCUT2D eigenvalue weighted by Gasteiger charge is 2.08. The van der Waals surface area contributed by atoms with Gasteiger partial charge in [0.1, 0.15) is 0 Å². The van der Waals surface area contributed by atoms with Crippen molar-refractivity contribution in [1.82, 2.24) is 15.2 Å².